The van der Waals surface area contributed by atoms with Crippen LogP contribution in [-0.2, 0) is 4.79 Å². The molecule has 1 saturated carbocycles. The maximum Gasteiger partial charge on any atom is 0.227 e. The smallest absolute Gasteiger partial charge is 0.227 e. The molecule has 0 radical (unpaired) electrons. The lowest BCUT2D eigenvalue weighted by atomic mass is 9.88. The first-order valence-corrected chi connectivity index (χ1v) is 13.1. The molecule has 0 bridgehead atoms. The van der Waals surface area contributed by atoms with Crippen LogP contribution in [-0.4, -0.2) is 46.0 Å². The molecule has 1 aliphatic carbocycles. The molecule has 1 aliphatic rings. The molecule has 6 aromatic rings. The minimum atomic E-state index is 0.0730. The van der Waals surface area contributed by atoms with Gasteiger partial charge in [-0.3, -0.25) is 24.8 Å². The molecule has 0 atom stereocenters. The molecule has 3 N–H and O–H groups in total. The summed E-state index contributed by atoms with van der Waals surface area (Å²) in [5.41, 5.74) is 6.72. The number of aromatic amines is 2. The lowest BCUT2D eigenvalue weighted by molar-refractivity contribution is -0.120. The van der Waals surface area contributed by atoms with Gasteiger partial charge in [0.15, 0.2) is 11.5 Å². The van der Waals surface area contributed by atoms with Gasteiger partial charge in [0.1, 0.15) is 16.9 Å². The van der Waals surface area contributed by atoms with Crippen LogP contribution in [0.1, 0.15) is 32.1 Å². The molecule has 192 valence electrons. The Balaban J connectivity index is 1.23. The molecule has 6 aromatic heterocycles. The number of anilines is 1. The second kappa shape index (κ2) is 9.71. The average molecular weight is 516 g/mol. The zero-order valence-electron chi connectivity index (χ0n) is 21.1. The lowest BCUT2D eigenvalue weighted by Crippen LogP contribution is -2.24. The molecule has 0 aromatic carbocycles. The molecule has 10 nitrogen and oxygen atoms in total. The van der Waals surface area contributed by atoms with Gasteiger partial charge in [-0.2, -0.15) is 5.10 Å². The van der Waals surface area contributed by atoms with Crippen LogP contribution in [0.5, 0.6) is 0 Å². The zero-order chi connectivity index (χ0) is 26.2. The van der Waals surface area contributed by atoms with E-state index in [0.717, 1.165) is 64.6 Å². The van der Waals surface area contributed by atoms with Gasteiger partial charge in [-0.1, -0.05) is 25.3 Å². The average Bonchev–Trinajstić information content (AvgIpc) is 3.62. The summed E-state index contributed by atoms with van der Waals surface area (Å²) in [5, 5.41) is 11.4. The molecule has 10 heteroatoms. The van der Waals surface area contributed by atoms with Gasteiger partial charge in [0, 0.05) is 41.8 Å². The van der Waals surface area contributed by atoms with Crippen molar-refractivity contribution in [3.05, 3.63) is 67.4 Å². The summed E-state index contributed by atoms with van der Waals surface area (Å²) in [7, 11) is 0. The first kappa shape index (κ1) is 23.2. The normalized spacial score (nSPS) is 14.2. The number of amides is 1. The number of nitrogens with one attached hydrogen (secondary N) is 3. The summed E-state index contributed by atoms with van der Waals surface area (Å²) in [5.74, 6) is 0.776. The van der Waals surface area contributed by atoms with E-state index >= 15 is 0 Å². The van der Waals surface area contributed by atoms with Crippen LogP contribution in [0, 0.1) is 5.92 Å². The van der Waals surface area contributed by atoms with Crippen molar-refractivity contribution in [1.82, 2.24) is 40.1 Å². The van der Waals surface area contributed by atoms with Crippen molar-refractivity contribution < 1.29 is 4.79 Å². The number of fused-ring (bicyclic) bond motifs is 2. The molecule has 0 unspecified atom stereocenters. The van der Waals surface area contributed by atoms with Crippen molar-refractivity contribution >= 4 is 33.7 Å². The van der Waals surface area contributed by atoms with E-state index in [1.54, 1.807) is 31.0 Å². The highest BCUT2D eigenvalue weighted by Gasteiger charge is 2.21. The van der Waals surface area contributed by atoms with Gasteiger partial charge >= 0.3 is 0 Å². The highest BCUT2D eigenvalue weighted by molar-refractivity contribution is 5.96. The third-order valence-electron chi connectivity index (χ3n) is 7.27. The molecule has 0 saturated heterocycles. The fourth-order valence-electron chi connectivity index (χ4n) is 5.26. The third-order valence-corrected chi connectivity index (χ3v) is 7.27. The summed E-state index contributed by atoms with van der Waals surface area (Å²) in [6.07, 6.45) is 14.0. The summed E-state index contributed by atoms with van der Waals surface area (Å²) < 4.78 is 0. The van der Waals surface area contributed by atoms with E-state index in [4.69, 9.17) is 4.98 Å². The highest BCUT2D eigenvalue weighted by atomic mass is 16.1. The Kier molecular flexibility index (Phi) is 5.77. The van der Waals surface area contributed by atoms with Crippen LogP contribution in [0.25, 0.3) is 56.1 Å². The minimum Gasteiger partial charge on any atom is -0.337 e. The predicted octanol–water partition coefficient (Wildman–Crippen LogP) is 5.54. The molecule has 0 aliphatic heterocycles. The second-order valence-electron chi connectivity index (χ2n) is 9.84. The number of aromatic nitrogens is 8. The van der Waals surface area contributed by atoms with E-state index in [-0.39, 0.29) is 11.8 Å². The number of H-pyrrole nitrogens is 2. The van der Waals surface area contributed by atoms with Gasteiger partial charge in [-0.15, -0.1) is 0 Å². The fourth-order valence-corrected chi connectivity index (χ4v) is 5.26. The van der Waals surface area contributed by atoms with Crippen molar-refractivity contribution in [2.75, 3.05) is 5.32 Å². The van der Waals surface area contributed by atoms with E-state index in [0.29, 0.717) is 22.9 Å². The van der Waals surface area contributed by atoms with Crippen LogP contribution in [0.15, 0.2) is 67.4 Å². The van der Waals surface area contributed by atoms with Crippen molar-refractivity contribution in [3.63, 3.8) is 0 Å². The Hall–Kier alpha value is -4.99. The number of rotatable bonds is 5. The summed E-state index contributed by atoms with van der Waals surface area (Å²) in [4.78, 5) is 38.9. The second-order valence-corrected chi connectivity index (χ2v) is 9.84. The Bertz CT molecular complexity index is 1800. The molecule has 7 rings (SSSR count). The van der Waals surface area contributed by atoms with Gasteiger partial charge in [0.2, 0.25) is 5.91 Å². The Labute approximate surface area is 223 Å². The molecular weight excluding hydrogens is 490 g/mol. The van der Waals surface area contributed by atoms with E-state index in [1.165, 1.54) is 6.42 Å². The van der Waals surface area contributed by atoms with Crippen LogP contribution in [0.2, 0.25) is 0 Å². The standard InChI is InChI=1S/C29H25N9O/c39-29(17-6-2-1-3-7-17)34-20-12-18(14-30-16-20)19-13-21-24(37-38-27(21)33-15-19)28-35-23-9-11-32-25(26(23)36-28)22-8-4-5-10-31-22/h4-5,8-17H,1-3,6-7H2,(H,34,39)(H,35,36)(H,33,37,38). The third kappa shape index (κ3) is 4.39. The molecule has 39 heavy (non-hydrogen) atoms. The van der Waals surface area contributed by atoms with Crippen LogP contribution in [0.3, 0.4) is 0 Å². The Morgan fingerprint density at radius 3 is 2.69 bits per heavy atom. The SMILES string of the molecule is O=C(Nc1cncc(-c2cnc3n[nH]c(-c4nc5c(-c6ccccn6)nccc5[nH]4)c3c2)c1)C1CCCCC1. The maximum absolute atomic E-state index is 12.8. The number of nitrogens with zero attached hydrogens (tertiary/aromatic N) is 6. The zero-order valence-corrected chi connectivity index (χ0v) is 21.1. The van der Waals surface area contributed by atoms with Gasteiger partial charge < -0.3 is 10.3 Å². The molecule has 6 heterocycles. The molecule has 0 spiro atoms. The van der Waals surface area contributed by atoms with Crippen molar-refractivity contribution in [3.8, 4) is 34.0 Å². The number of carbonyl (C=O) groups is 1. The first-order chi connectivity index (χ1) is 19.2. The van der Waals surface area contributed by atoms with Gasteiger partial charge in [0.05, 0.1) is 28.5 Å². The number of imidazole rings is 1. The minimum absolute atomic E-state index is 0.0730. The van der Waals surface area contributed by atoms with E-state index < -0.39 is 0 Å². The highest BCUT2D eigenvalue weighted by Crippen LogP contribution is 2.32. The Morgan fingerprint density at radius 2 is 1.82 bits per heavy atom. The number of hydrogen-bond donors (Lipinski definition) is 3. The number of hydrogen-bond acceptors (Lipinski definition) is 7. The first-order valence-electron chi connectivity index (χ1n) is 13.1. The monoisotopic (exact) mass is 515 g/mol. The van der Waals surface area contributed by atoms with E-state index in [9.17, 15) is 4.79 Å². The van der Waals surface area contributed by atoms with Gasteiger partial charge in [0.25, 0.3) is 0 Å². The van der Waals surface area contributed by atoms with Crippen LogP contribution in [0.4, 0.5) is 5.69 Å². The fraction of sp³-hybridized carbons (Fsp3) is 0.207. The summed E-state index contributed by atoms with van der Waals surface area (Å²) in [6, 6.07) is 11.5. The predicted molar refractivity (Wildman–Crippen MR) is 148 cm³/mol. The van der Waals surface area contributed by atoms with E-state index in [1.807, 2.05) is 36.4 Å². The number of pyridine rings is 4. The summed E-state index contributed by atoms with van der Waals surface area (Å²) in [6.45, 7) is 0. The topological polar surface area (TPSA) is 138 Å². The van der Waals surface area contributed by atoms with Crippen molar-refractivity contribution in [2.24, 2.45) is 5.92 Å². The van der Waals surface area contributed by atoms with Crippen molar-refractivity contribution in [1.29, 1.82) is 0 Å². The summed E-state index contributed by atoms with van der Waals surface area (Å²) >= 11 is 0. The van der Waals surface area contributed by atoms with Crippen LogP contribution < -0.4 is 5.32 Å². The van der Waals surface area contributed by atoms with Crippen molar-refractivity contribution in [2.45, 2.75) is 32.1 Å². The molecule has 1 fully saturated rings. The quantitative estimate of drug-likeness (QED) is 0.274. The molecular formula is C29H25N9O. The lowest BCUT2D eigenvalue weighted by Gasteiger charge is -2.20. The van der Waals surface area contributed by atoms with Gasteiger partial charge in [-0.25, -0.2) is 9.97 Å². The van der Waals surface area contributed by atoms with Gasteiger partial charge in [-0.05, 0) is 43.2 Å². The largest absolute Gasteiger partial charge is 0.337 e. The molecule has 1 amide bonds. The Morgan fingerprint density at radius 1 is 0.923 bits per heavy atom. The maximum atomic E-state index is 12.8. The van der Waals surface area contributed by atoms with Crippen LogP contribution >= 0.6 is 0 Å². The van der Waals surface area contributed by atoms with E-state index in [2.05, 4.69) is 40.4 Å². The number of carbonyl (C=O) groups excluding carboxylic acids is 1.